The van der Waals surface area contributed by atoms with E-state index in [4.69, 9.17) is 20.4 Å². The highest BCUT2D eigenvalue weighted by Crippen LogP contribution is 2.16. The lowest BCUT2D eigenvalue weighted by molar-refractivity contribution is -0.138. The number of carbonyl (C=O) groups is 1. The topological polar surface area (TPSA) is 113 Å². The van der Waals surface area contributed by atoms with Crippen molar-refractivity contribution in [2.24, 2.45) is 5.73 Å². The number of nitrogens with two attached hydrogens (primary N) is 1. The van der Waals surface area contributed by atoms with Crippen LogP contribution in [0.25, 0.3) is 0 Å². The average molecular weight is 300 g/mol. The van der Waals surface area contributed by atoms with Gasteiger partial charge in [0.1, 0.15) is 18.4 Å². The van der Waals surface area contributed by atoms with Gasteiger partial charge in [0, 0.05) is 15.5 Å². The summed E-state index contributed by atoms with van der Waals surface area (Å²) in [7, 11) is -2.86. The van der Waals surface area contributed by atoms with E-state index in [0.717, 1.165) is 5.56 Å². The molecule has 0 spiro atoms. The number of rotatable bonds is 8. The molecule has 0 saturated carbocycles. The van der Waals surface area contributed by atoms with Gasteiger partial charge in [0.2, 0.25) is 0 Å². The summed E-state index contributed by atoms with van der Waals surface area (Å²) in [4.78, 5) is 10.5. The molecule has 7 heteroatoms. The highest BCUT2D eigenvalue weighted by atomic mass is 32.2. The van der Waals surface area contributed by atoms with Crippen LogP contribution in [0.4, 0.5) is 0 Å². The minimum atomic E-state index is -2.86. The molecule has 1 aromatic rings. The molecular weight excluding hydrogens is 280 g/mol. The first-order valence-corrected chi connectivity index (χ1v) is 8.12. The van der Waals surface area contributed by atoms with Crippen molar-refractivity contribution in [3.05, 3.63) is 29.8 Å². The Balaban J connectivity index is 2.40. The van der Waals surface area contributed by atoms with Gasteiger partial charge in [-0.25, -0.2) is 4.21 Å². The molecule has 1 aromatic carbocycles. The lowest BCUT2D eigenvalue weighted by atomic mass is 10.2. The standard InChI is InChI=1S/C13H20N2O4S/c1-10-4-2-3-5-12(10)19-7-9-20(15,18)8-6-11(14)13(16)17/h2-5,11,15H,6-9,14H2,1H3,(H,16,17)/t11-,20?/m0/s1. The number of benzene rings is 1. The first kappa shape index (κ1) is 16.5. The molecule has 0 fully saturated rings. The molecule has 0 aliphatic carbocycles. The first-order valence-electron chi connectivity index (χ1n) is 6.23. The Hall–Kier alpha value is -1.60. The molecule has 0 amide bonds. The van der Waals surface area contributed by atoms with Crippen molar-refractivity contribution in [3.63, 3.8) is 0 Å². The van der Waals surface area contributed by atoms with E-state index < -0.39 is 21.7 Å². The Bertz CT molecular complexity index is 557. The highest BCUT2D eigenvalue weighted by molar-refractivity contribution is 7.92. The minimum Gasteiger partial charge on any atom is -0.492 e. The van der Waals surface area contributed by atoms with Gasteiger partial charge >= 0.3 is 5.97 Å². The summed E-state index contributed by atoms with van der Waals surface area (Å²) in [5.41, 5.74) is 6.29. The van der Waals surface area contributed by atoms with E-state index in [9.17, 15) is 9.00 Å². The Morgan fingerprint density at radius 3 is 2.70 bits per heavy atom. The SMILES string of the molecule is Cc1ccccc1OCCS(=N)(=O)CC[C@H](N)C(=O)O. The summed E-state index contributed by atoms with van der Waals surface area (Å²) in [5, 5.41) is 8.63. The molecule has 0 saturated heterocycles. The van der Waals surface area contributed by atoms with E-state index in [0.29, 0.717) is 5.75 Å². The van der Waals surface area contributed by atoms with Crippen LogP contribution in [0.5, 0.6) is 5.75 Å². The fourth-order valence-corrected chi connectivity index (χ4v) is 2.74. The van der Waals surface area contributed by atoms with Gasteiger partial charge in [-0.15, -0.1) is 0 Å². The molecule has 0 aliphatic rings. The van der Waals surface area contributed by atoms with Crippen molar-refractivity contribution < 1.29 is 18.8 Å². The summed E-state index contributed by atoms with van der Waals surface area (Å²) in [6.45, 7) is 2.06. The molecule has 0 aliphatic heterocycles. The molecule has 1 unspecified atom stereocenters. The molecule has 112 valence electrons. The number of carboxylic acid groups (broad SMARTS) is 1. The second-order valence-electron chi connectivity index (χ2n) is 4.57. The van der Waals surface area contributed by atoms with Crippen molar-refractivity contribution in [2.45, 2.75) is 19.4 Å². The third kappa shape index (κ3) is 5.58. The van der Waals surface area contributed by atoms with Crippen molar-refractivity contribution in [1.82, 2.24) is 0 Å². The Morgan fingerprint density at radius 1 is 1.45 bits per heavy atom. The van der Waals surface area contributed by atoms with Crippen LogP contribution in [0.15, 0.2) is 24.3 Å². The zero-order valence-electron chi connectivity index (χ0n) is 11.4. The molecule has 0 radical (unpaired) electrons. The highest BCUT2D eigenvalue weighted by Gasteiger charge is 2.15. The number of ether oxygens (including phenoxy) is 1. The molecule has 0 bridgehead atoms. The van der Waals surface area contributed by atoms with E-state index in [1.54, 1.807) is 6.07 Å². The van der Waals surface area contributed by atoms with Gasteiger partial charge in [0.25, 0.3) is 0 Å². The maximum atomic E-state index is 11.9. The third-order valence-electron chi connectivity index (χ3n) is 2.84. The van der Waals surface area contributed by atoms with Gasteiger partial charge in [-0.05, 0) is 25.0 Å². The second kappa shape index (κ2) is 7.25. The van der Waals surface area contributed by atoms with E-state index in [2.05, 4.69) is 0 Å². The van der Waals surface area contributed by atoms with Gasteiger partial charge in [-0.2, -0.15) is 0 Å². The number of hydrogen-bond acceptors (Lipinski definition) is 5. The Morgan fingerprint density at radius 2 is 2.10 bits per heavy atom. The Labute approximate surface area is 118 Å². The molecule has 0 heterocycles. The average Bonchev–Trinajstić information content (AvgIpc) is 2.38. The van der Waals surface area contributed by atoms with E-state index in [1.807, 2.05) is 25.1 Å². The molecule has 0 aromatic heterocycles. The van der Waals surface area contributed by atoms with Crippen molar-refractivity contribution in [2.75, 3.05) is 18.1 Å². The van der Waals surface area contributed by atoms with Crippen LogP contribution >= 0.6 is 0 Å². The fraction of sp³-hybridized carbons (Fsp3) is 0.462. The Kier molecular flexibility index (Phi) is 5.97. The van der Waals surface area contributed by atoms with Crippen molar-refractivity contribution in [3.8, 4) is 5.75 Å². The van der Waals surface area contributed by atoms with Crippen LogP contribution in [0.1, 0.15) is 12.0 Å². The van der Waals surface area contributed by atoms with Gasteiger partial charge < -0.3 is 15.6 Å². The second-order valence-corrected chi connectivity index (χ2v) is 7.01. The number of aryl methyl sites for hydroxylation is 1. The van der Waals surface area contributed by atoms with Gasteiger partial charge in [0.05, 0.1) is 5.75 Å². The summed E-state index contributed by atoms with van der Waals surface area (Å²) >= 11 is 0. The number of aliphatic carboxylic acids is 1. The summed E-state index contributed by atoms with van der Waals surface area (Å²) < 4.78 is 25.1. The minimum absolute atomic E-state index is 0.0298. The van der Waals surface area contributed by atoms with Crippen LogP contribution in [-0.4, -0.2) is 39.4 Å². The third-order valence-corrected chi connectivity index (χ3v) is 4.56. The van der Waals surface area contributed by atoms with Crippen LogP contribution < -0.4 is 10.5 Å². The van der Waals surface area contributed by atoms with Crippen LogP contribution in [0.3, 0.4) is 0 Å². The quantitative estimate of drug-likeness (QED) is 0.668. The first-order chi connectivity index (χ1) is 9.32. The van der Waals surface area contributed by atoms with Gasteiger partial charge in [0.15, 0.2) is 0 Å². The predicted octanol–water partition coefficient (Wildman–Crippen LogP) is 1.22. The fourth-order valence-electron chi connectivity index (χ4n) is 1.55. The predicted molar refractivity (Wildman–Crippen MR) is 77.5 cm³/mol. The van der Waals surface area contributed by atoms with E-state index in [-0.39, 0.29) is 24.5 Å². The largest absolute Gasteiger partial charge is 0.492 e. The lowest BCUT2D eigenvalue weighted by Crippen LogP contribution is -2.32. The van der Waals surface area contributed by atoms with Crippen LogP contribution in [0, 0.1) is 11.7 Å². The number of nitrogens with one attached hydrogen (secondary N) is 1. The molecule has 20 heavy (non-hydrogen) atoms. The zero-order chi connectivity index (χ0) is 15.2. The summed E-state index contributed by atoms with van der Waals surface area (Å²) in [6, 6.07) is 6.37. The zero-order valence-corrected chi connectivity index (χ0v) is 12.2. The van der Waals surface area contributed by atoms with Crippen molar-refractivity contribution in [1.29, 1.82) is 4.78 Å². The smallest absolute Gasteiger partial charge is 0.320 e. The molecule has 2 atom stereocenters. The summed E-state index contributed by atoms with van der Waals surface area (Å²) in [5.74, 6) is -0.410. The lowest BCUT2D eigenvalue weighted by Gasteiger charge is -2.12. The van der Waals surface area contributed by atoms with Gasteiger partial charge in [-0.3, -0.25) is 9.57 Å². The van der Waals surface area contributed by atoms with Crippen LogP contribution in [0.2, 0.25) is 0 Å². The van der Waals surface area contributed by atoms with Gasteiger partial charge in [-0.1, -0.05) is 18.2 Å². The normalized spacial score (nSPS) is 15.3. The number of hydrogen-bond donors (Lipinski definition) is 3. The summed E-state index contributed by atoms with van der Waals surface area (Å²) in [6.07, 6.45) is 0.0298. The van der Waals surface area contributed by atoms with Crippen molar-refractivity contribution >= 4 is 15.7 Å². The molecular formula is C13H20N2O4S. The molecule has 4 N–H and O–H groups in total. The maximum Gasteiger partial charge on any atom is 0.320 e. The van der Waals surface area contributed by atoms with E-state index >= 15 is 0 Å². The van der Waals surface area contributed by atoms with Crippen LogP contribution in [-0.2, 0) is 14.5 Å². The molecule has 6 nitrogen and oxygen atoms in total. The monoisotopic (exact) mass is 300 g/mol. The number of carboxylic acids is 1. The maximum absolute atomic E-state index is 11.9. The molecule has 1 rings (SSSR count). The number of para-hydroxylation sites is 1. The van der Waals surface area contributed by atoms with E-state index in [1.165, 1.54) is 0 Å².